The third-order valence-electron chi connectivity index (χ3n) is 7.07. The fourth-order valence-electron chi connectivity index (χ4n) is 5.81. The van der Waals surface area contributed by atoms with Crippen molar-refractivity contribution in [2.75, 3.05) is 0 Å². The summed E-state index contributed by atoms with van der Waals surface area (Å²) in [5.74, 6) is 1.72. The van der Waals surface area contributed by atoms with Crippen LogP contribution < -0.4 is 4.74 Å². The Hall–Kier alpha value is -2.74. The summed E-state index contributed by atoms with van der Waals surface area (Å²) in [6.07, 6.45) is 5.45. The van der Waals surface area contributed by atoms with Gasteiger partial charge in [-0.2, -0.15) is 0 Å². The van der Waals surface area contributed by atoms with E-state index in [-0.39, 0.29) is 5.54 Å². The predicted octanol–water partition coefficient (Wildman–Crippen LogP) is 7.64. The zero-order valence-electron chi connectivity index (χ0n) is 18.1. The van der Waals surface area contributed by atoms with E-state index in [9.17, 15) is 0 Å². The highest BCUT2D eigenvalue weighted by molar-refractivity contribution is 6.09. The molecular weight excluding hydrogens is 366 g/mol. The van der Waals surface area contributed by atoms with E-state index >= 15 is 0 Å². The first-order valence-electron chi connectivity index (χ1n) is 11.4. The van der Waals surface area contributed by atoms with E-state index < -0.39 is 0 Å². The molecule has 30 heavy (non-hydrogen) atoms. The lowest BCUT2D eigenvalue weighted by atomic mass is 9.83. The minimum Gasteiger partial charge on any atom is -0.489 e. The summed E-state index contributed by atoms with van der Waals surface area (Å²) in [6, 6.07) is 22.5. The van der Waals surface area contributed by atoms with Gasteiger partial charge in [-0.1, -0.05) is 48.9 Å². The average Bonchev–Trinajstić information content (AvgIpc) is 3.29. The largest absolute Gasteiger partial charge is 0.489 e. The first kappa shape index (κ1) is 18.1. The summed E-state index contributed by atoms with van der Waals surface area (Å²) in [7, 11) is 0. The molecule has 1 saturated carbocycles. The van der Waals surface area contributed by atoms with Crippen molar-refractivity contribution in [1.82, 2.24) is 4.57 Å². The van der Waals surface area contributed by atoms with Crippen molar-refractivity contribution in [2.24, 2.45) is 0 Å². The van der Waals surface area contributed by atoms with Gasteiger partial charge in [0.25, 0.3) is 0 Å². The second-order valence-electron chi connectivity index (χ2n) is 10.0. The Bertz CT molecular complexity index is 1270. The van der Waals surface area contributed by atoms with E-state index in [0.717, 1.165) is 5.75 Å². The first-order chi connectivity index (χ1) is 14.5. The number of aromatic nitrogens is 1. The third-order valence-corrected chi connectivity index (χ3v) is 7.07. The van der Waals surface area contributed by atoms with Crippen molar-refractivity contribution >= 4 is 21.8 Å². The van der Waals surface area contributed by atoms with Gasteiger partial charge in [0, 0.05) is 44.4 Å². The van der Waals surface area contributed by atoms with Gasteiger partial charge in [-0.25, -0.2) is 0 Å². The number of benzene rings is 3. The molecule has 1 fully saturated rings. The van der Waals surface area contributed by atoms with Crippen molar-refractivity contribution in [3.8, 4) is 16.9 Å². The zero-order valence-corrected chi connectivity index (χ0v) is 18.1. The molecule has 1 aliphatic heterocycles. The van der Waals surface area contributed by atoms with Crippen LogP contribution in [-0.4, -0.2) is 10.7 Å². The lowest BCUT2D eigenvalue weighted by Gasteiger charge is -2.24. The van der Waals surface area contributed by atoms with Crippen LogP contribution in [0.5, 0.6) is 5.75 Å². The SMILES string of the molecule is CC(C)(C)n1c2ccccc2c2cc(-c3cccc4c3OC3CCCCC43)ccc21. The van der Waals surface area contributed by atoms with Crippen LogP contribution in [0.4, 0.5) is 0 Å². The van der Waals surface area contributed by atoms with Gasteiger partial charge < -0.3 is 9.30 Å². The van der Waals surface area contributed by atoms with Gasteiger partial charge in [-0.15, -0.1) is 0 Å². The Labute approximate surface area is 178 Å². The molecule has 6 rings (SSSR count). The van der Waals surface area contributed by atoms with Crippen LogP contribution in [-0.2, 0) is 5.54 Å². The van der Waals surface area contributed by atoms with Crippen LogP contribution in [0.2, 0.25) is 0 Å². The Balaban J connectivity index is 1.57. The maximum absolute atomic E-state index is 6.55. The molecule has 2 nitrogen and oxygen atoms in total. The smallest absolute Gasteiger partial charge is 0.131 e. The Morgan fingerprint density at radius 2 is 1.63 bits per heavy atom. The van der Waals surface area contributed by atoms with E-state index in [4.69, 9.17) is 4.74 Å². The fourth-order valence-corrected chi connectivity index (χ4v) is 5.81. The molecule has 2 aliphatic rings. The molecule has 1 aliphatic carbocycles. The number of para-hydroxylation sites is 2. The van der Waals surface area contributed by atoms with E-state index in [1.807, 2.05) is 0 Å². The van der Waals surface area contributed by atoms with Crippen molar-refractivity contribution in [2.45, 2.75) is 64.0 Å². The summed E-state index contributed by atoms with van der Waals surface area (Å²) in [6.45, 7) is 6.85. The second-order valence-corrected chi connectivity index (χ2v) is 10.0. The van der Waals surface area contributed by atoms with Crippen LogP contribution in [0.25, 0.3) is 32.9 Å². The van der Waals surface area contributed by atoms with E-state index in [1.54, 1.807) is 0 Å². The lowest BCUT2D eigenvalue weighted by molar-refractivity contribution is 0.164. The van der Waals surface area contributed by atoms with E-state index in [1.165, 1.54) is 64.2 Å². The van der Waals surface area contributed by atoms with Gasteiger partial charge in [-0.3, -0.25) is 0 Å². The minimum absolute atomic E-state index is 0.0235. The highest BCUT2D eigenvalue weighted by atomic mass is 16.5. The summed E-state index contributed by atoms with van der Waals surface area (Å²) in [5.41, 5.74) is 6.56. The number of nitrogens with zero attached hydrogens (tertiary/aromatic N) is 1. The highest BCUT2D eigenvalue weighted by Crippen LogP contribution is 2.50. The first-order valence-corrected chi connectivity index (χ1v) is 11.4. The molecule has 0 saturated heterocycles. The fraction of sp³-hybridized carbons (Fsp3) is 0.357. The highest BCUT2D eigenvalue weighted by Gasteiger charge is 2.37. The monoisotopic (exact) mass is 395 g/mol. The van der Waals surface area contributed by atoms with Crippen molar-refractivity contribution < 1.29 is 4.74 Å². The molecule has 2 atom stereocenters. The Morgan fingerprint density at radius 3 is 2.50 bits per heavy atom. The molecule has 0 bridgehead atoms. The topological polar surface area (TPSA) is 14.2 Å². The summed E-state index contributed by atoms with van der Waals surface area (Å²) < 4.78 is 9.02. The molecule has 2 heterocycles. The average molecular weight is 396 g/mol. The normalized spacial score (nSPS) is 20.9. The maximum Gasteiger partial charge on any atom is 0.131 e. The van der Waals surface area contributed by atoms with Gasteiger partial charge in [0.1, 0.15) is 11.9 Å². The van der Waals surface area contributed by atoms with Crippen LogP contribution in [0, 0.1) is 0 Å². The summed E-state index contributed by atoms with van der Waals surface area (Å²) in [5, 5.41) is 2.65. The van der Waals surface area contributed by atoms with Crippen LogP contribution in [0.15, 0.2) is 60.7 Å². The molecule has 0 N–H and O–H groups in total. The van der Waals surface area contributed by atoms with Gasteiger partial charge in [0.15, 0.2) is 0 Å². The molecule has 0 amide bonds. The molecule has 0 radical (unpaired) electrons. The predicted molar refractivity (Wildman–Crippen MR) is 126 cm³/mol. The number of fused-ring (bicyclic) bond motifs is 6. The van der Waals surface area contributed by atoms with Crippen LogP contribution in [0.3, 0.4) is 0 Å². The van der Waals surface area contributed by atoms with E-state index in [0.29, 0.717) is 12.0 Å². The molecule has 4 aromatic rings. The summed E-state index contributed by atoms with van der Waals surface area (Å²) >= 11 is 0. The van der Waals surface area contributed by atoms with Gasteiger partial charge in [0.2, 0.25) is 0 Å². The Kier molecular flexibility index (Phi) is 3.84. The molecule has 1 aromatic heterocycles. The third kappa shape index (κ3) is 2.56. The van der Waals surface area contributed by atoms with Crippen molar-refractivity contribution in [3.63, 3.8) is 0 Å². The van der Waals surface area contributed by atoms with Crippen molar-refractivity contribution in [3.05, 3.63) is 66.2 Å². The number of hydrogen-bond acceptors (Lipinski definition) is 1. The zero-order chi connectivity index (χ0) is 20.5. The van der Waals surface area contributed by atoms with E-state index in [2.05, 4.69) is 86.0 Å². The standard InChI is InChI=1S/C28H29NO/c1-28(2,3)29-24-13-6-4-9-20(24)23-17-18(15-16-25(23)29)19-11-8-12-22-21-10-5-7-14-26(21)30-27(19)22/h4,6,8-9,11-13,15-17,21,26H,5,7,10,14H2,1-3H3. The minimum atomic E-state index is 0.0235. The van der Waals surface area contributed by atoms with Gasteiger partial charge >= 0.3 is 0 Å². The quantitative estimate of drug-likeness (QED) is 0.323. The lowest BCUT2D eigenvalue weighted by Crippen LogP contribution is -2.22. The summed E-state index contributed by atoms with van der Waals surface area (Å²) in [4.78, 5) is 0. The molecule has 2 heteroatoms. The molecule has 152 valence electrons. The maximum atomic E-state index is 6.55. The molecule has 2 unspecified atom stereocenters. The van der Waals surface area contributed by atoms with Crippen LogP contribution >= 0.6 is 0 Å². The number of hydrogen-bond donors (Lipinski definition) is 0. The second kappa shape index (κ2) is 6.38. The van der Waals surface area contributed by atoms with Gasteiger partial charge in [0.05, 0.1) is 0 Å². The number of ether oxygens (including phenoxy) is 1. The van der Waals surface area contributed by atoms with Crippen LogP contribution in [0.1, 0.15) is 57.9 Å². The molecular formula is C28H29NO. The van der Waals surface area contributed by atoms with Gasteiger partial charge in [-0.05, 0) is 63.8 Å². The Morgan fingerprint density at radius 1 is 0.833 bits per heavy atom. The number of rotatable bonds is 1. The van der Waals surface area contributed by atoms with Crippen molar-refractivity contribution in [1.29, 1.82) is 0 Å². The molecule has 0 spiro atoms. The molecule has 3 aromatic carbocycles.